The molecule has 9 nitrogen and oxygen atoms in total. The van der Waals surface area contributed by atoms with E-state index in [0.717, 1.165) is 41.5 Å². The van der Waals surface area contributed by atoms with Crippen LogP contribution in [0.15, 0.2) is 30.6 Å². The van der Waals surface area contributed by atoms with Gasteiger partial charge >= 0.3 is 6.01 Å². The third kappa shape index (κ3) is 3.80. The standard InChI is InChI=1S/C22H22ClN7O2/c1-3-15-19(23)18-20(27-15)28-22(29-21(18)30-9-6-13(11-30)26-12(2)31)32-14-4-5-16-17(10-14)25-8-7-24-16/h4-5,7-8,10,13H,3,6,9,11H2,1-2H3,(H,26,31)(H,27,28,29)/t13-/m1/s1. The maximum absolute atomic E-state index is 11.5. The molecule has 1 saturated heterocycles. The second kappa shape index (κ2) is 8.23. The van der Waals surface area contributed by atoms with Crippen molar-refractivity contribution in [2.45, 2.75) is 32.7 Å². The molecule has 1 fully saturated rings. The number of H-pyrrole nitrogens is 1. The first-order valence-electron chi connectivity index (χ1n) is 10.5. The molecule has 164 valence electrons. The molecule has 1 amide bonds. The number of nitrogens with one attached hydrogen (secondary N) is 2. The van der Waals surface area contributed by atoms with Gasteiger partial charge in [0.15, 0.2) is 0 Å². The molecule has 0 spiro atoms. The molecule has 5 rings (SSSR count). The Morgan fingerprint density at radius 1 is 1.28 bits per heavy atom. The highest BCUT2D eigenvalue weighted by Crippen LogP contribution is 2.37. The molecule has 3 aromatic heterocycles. The zero-order chi connectivity index (χ0) is 22.2. The van der Waals surface area contributed by atoms with Gasteiger partial charge in [0, 0.05) is 50.2 Å². The minimum absolute atomic E-state index is 0.0407. The van der Waals surface area contributed by atoms with E-state index in [1.54, 1.807) is 18.5 Å². The highest BCUT2D eigenvalue weighted by Gasteiger charge is 2.28. The van der Waals surface area contributed by atoms with E-state index < -0.39 is 0 Å². The number of fused-ring (bicyclic) bond motifs is 2. The molecular formula is C22H22ClN7O2. The Hall–Kier alpha value is -3.46. The van der Waals surface area contributed by atoms with Crippen LogP contribution in [0.3, 0.4) is 0 Å². The lowest BCUT2D eigenvalue weighted by Gasteiger charge is -2.19. The summed E-state index contributed by atoms with van der Waals surface area (Å²) in [5.41, 5.74) is 3.02. The predicted octanol–water partition coefficient (Wildman–Crippen LogP) is 3.62. The molecule has 1 aromatic carbocycles. The van der Waals surface area contributed by atoms with Crippen LogP contribution in [0, 0.1) is 0 Å². The number of aryl methyl sites for hydroxylation is 1. The summed E-state index contributed by atoms with van der Waals surface area (Å²) < 4.78 is 6.02. The average Bonchev–Trinajstić information content (AvgIpc) is 3.37. The number of carbonyl (C=O) groups excluding carboxylic acids is 1. The van der Waals surface area contributed by atoms with Gasteiger partial charge in [-0.25, -0.2) is 0 Å². The Morgan fingerprint density at radius 2 is 2.09 bits per heavy atom. The van der Waals surface area contributed by atoms with Gasteiger partial charge in [0.25, 0.3) is 0 Å². The van der Waals surface area contributed by atoms with Gasteiger partial charge in [-0.05, 0) is 25.0 Å². The van der Waals surface area contributed by atoms with Crippen molar-refractivity contribution < 1.29 is 9.53 Å². The van der Waals surface area contributed by atoms with Crippen LogP contribution in [0.2, 0.25) is 5.02 Å². The summed E-state index contributed by atoms with van der Waals surface area (Å²) in [7, 11) is 0. The first kappa shape index (κ1) is 20.4. The summed E-state index contributed by atoms with van der Waals surface area (Å²) in [5.74, 6) is 1.22. The van der Waals surface area contributed by atoms with Crippen LogP contribution in [0.1, 0.15) is 26.0 Å². The molecule has 0 aliphatic carbocycles. The van der Waals surface area contributed by atoms with E-state index >= 15 is 0 Å². The maximum Gasteiger partial charge on any atom is 0.325 e. The largest absolute Gasteiger partial charge is 0.424 e. The average molecular weight is 452 g/mol. The summed E-state index contributed by atoms with van der Waals surface area (Å²) in [6.07, 6.45) is 4.85. The van der Waals surface area contributed by atoms with Crippen molar-refractivity contribution in [2.24, 2.45) is 0 Å². The molecule has 0 bridgehead atoms. The first-order valence-corrected chi connectivity index (χ1v) is 10.9. The third-order valence-electron chi connectivity index (χ3n) is 5.52. The Balaban J connectivity index is 1.54. The highest BCUT2D eigenvalue weighted by atomic mass is 35.5. The quantitative estimate of drug-likeness (QED) is 0.477. The number of hydrogen-bond donors (Lipinski definition) is 2. The molecule has 1 aliphatic heterocycles. The Morgan fingerprint density at radius 3 is 2.88 bits per heavy atom. The topological polar surface area (TPSA) is 109 Å². The van der Waals surface area contributed by atoms with E-state index in [9.17, 15) is 4.79 Å². The number of anilines is 1. The summed E-state index contributed by atoms with van der Waals surface area (Å²) in [6.45, 7) is 4.94. The van der Waals surface area contributed by atoms with Crippen molar-refractivity contribution in [3.63, 3.8) is 0 Å². The van der Waals surface area contributed by atoms with Gasteiger partial charge in [-0.2, -0.15) is 9.97 Å². The van der Waals surface area contributed by atoms with Gasteiger partial charge in [0.05, 0.1) is 21.4 Å². The number of aromatic nitrogens is 5. The summed E-state index contributed by atoms with van der Waals surface area (Å²) in [5, 5.41) is 4.37. The minimum Gasteiger partial charge on any atom is -0.424 e. The molecule has 1 atom stereocenters. The lowest BCUT2D eigenvalue weighted by Crippen LogP contribution is -2.35. The molecule has 2 N–H and O–H groups in total. The van der Waals surface area contributed by atoms with Crippen molar-refractivity contribution in [3.8, 4) is 11.8 Å². The minimum atomic E-state index is -0.0407. The zero-order valence-electron chi connectivity index (χ0n) is 17.7. The molecule has 0 unspecified atom stereocenters. The van der Waals surface area contributed by atoms with Crippen LogP contribution in [-0.4, -0.2) is 50.0 Å². The Labute approximate surface area is 189 Å². The second-order valence-corrected chi connectivity index (χ2v) is 8.14. The van der Waals surface area contributed by atoms with Crippen LogP contribution in [0.4, 0.5) is 5.82 Å². The molecule has 4 heterocycles. The van der Waals surface area contributed by atoms with Crippen LogP contribution < -0.4 is 15.0 Å². The molecule has 4 aromatic rings. The van der Waals surface area contributed by atoms with Gasteiger partial charge in [0.2, 0.25) is 5.91 Å². The van der Waals surface area contributed by atoms with Crippen LogP contribution in [0.25, 0.3) is 22.1 Å². The lowest BCUT2D eigenvalue weighted by atomic mass is 10.2. The summed E-state index contributed by atoms with van der Waals surface area (Å²) in [4.78, 5) is 34.8. The monoisotopic (exact) mass is 451 g/mol. The molecule has 10 heteroatoms. The number of carbonyl (C=O) groups is 1. The van der Waals surface area contributed by atoms with E-state index in [0.29, 0.717) is 28.8 Å². The van der Waals surface area contributed by atoms with Gasteiger partial charge in [-0.3, -0.25) is 14.8 Å². The van der Waals surface area contributed by atoms with Gasteiger partial charge in [-0.1, -0.05) is 18.5 Å². The molecule has 0 radical (unpaired) electrons. The Bertz CT molecular complexity index is 1320. The number of rotatable bonds is 5. The number of nitrogens with zero attached hydrogens (tertiary/aromatic N) is 5. The Kier molecular flexibility index (Phi) is 5.26. The number of amides is 1. The normalized spacial score (nSPS) is 16.1. The van der Waals surface area contributed by atoms with Crippen LogP contribution in [0.5, 0.6) is 11.8 Å². The van der Waals surface area contributed by atoms with Crippen molar-refractivity contribution >= 4 is 45.4 Å². The van der Waals surface area contributed by atoms with E-state index in [-0.39, 0.29) is 18.0 Å². The SMILES string of the molecule is CCc1[nH]c2nc(Oc3ccc4nccnc4c3)nc(N3CC[C@@H](NC(C)=O)C3)c2c1Cl. The number of hydrogen-bond acceptors (Lipinski definition) is 7. The van der Waals surface area contributed by atoms with Crippen molar-refractivity contribution in [1.82, 2.24) is 30.2 Å². The van der Waals surface area contributed by atoms with Crippen LogP contribution in [-0.2, 0) is 11.2 Å². The van der Waals surface area contributed by atoms with Gasteiger partial charge in [0.1, 0.15) is 17.2 Å². The van der Waals surface area contributed by atoms with Gasteiger partial charge in [-0.15, -0.1) is 0 Å². The van der Waals surface area contributed by atoms with Crippen molar-refractivity contribution in [1.29, 1.82) is 0 Å². The predicted molar refractivity (Wildman–Crippen MR) is 122 cm³/mol. The fourth-order valence-electron chi connectivity index (χ4n) is 4.06. The smallest absolute Gasteiger partial charge is 0.325 e. The molecule has 1 aliphatic rings. The zero-order valence-corrected chi connectivity index (χ0v) is 18.5. The maximum atomic E-state index is 11.5. The van der Waals surface area contributed by atoms with Crippen molar-refractivity contribution in [3.05, 3.63) is 41.3 Å². The van der Waals surface area contributed by atoms with Gasteiger partial charge < -0.3 is 19.9 Å². The summed E-state index contributed by atoms with van der Waals surface area (Å²) in [6, 6.07) is 5.73. The molecular weight excluding hydrogens is 430 g/mol. The lowest BCUT2D eigenvalue weighted by molar-refractivity contribution is -0.119. The molecule has 0 saturated carbocycles. The fourth-order valence-corrected chi connectivity index (χ4v) is 4.41. The number of benzene rings is 1. The van der Waals surface area contributed by atoms with Crippen molar-refractivity contribution in [2.75, 3.05) is 18.0 Å². The van der Waals surface area contributed by atoms with E-state index in [1.807, 2.05) is 19.1 Å². The highest BCUT2D eigenvalue weighted by molar-refractivity contribution is 6.37. The third-order valence-corrected chi connectivity index (χ3v) is 5.94. The fraction of sp³-hybridized carbons (Fsp3) is 0.318. The first-order chi connectivity index (χ1) is 15.5. The van der Waals surface area contributed by atoms with E-state index in [2.05, 4.69) is 30.2 Å². The van der Waals surface area contributed by atoms with Crippen LogP contribution >= 0.6 is 11.6 Å². The summed E-state index contributed by atoms with van der Waals surface area (Å²) >= 11 is 6.68. The van der Waals surface area contributed by atoms with E-state index in [4.69, 9.17) is 21.3 Å². The second-order valence-electron chi connectivity index (χ2n) is 7.77. The number of ether oxygens (including phenoxy) is 1. The molecule has 32 heavy (non-hydrogen) atoms. The number of halogens is 1. The van der Waals surface area contributed by atoms with E-state index in [1.165, 1.54) is 6.92 Å². The number of aromatic amines is 1.